The number of aliphatic hydroxyl groups is 3. The lowest BCUT2D eigenvalue weighted by Gasteiger charge is -2.23. The van der Waals surface area contributed by atoms with E-state index in [9.17, 15) is 29.6 Å². The molecular formula is C20H24N13O10P. The molecule has 0 radical (unpaired) electrons. The first-order valence-corrected chi connectivity index (χ1v) is 14.2. The van der Waals surface area contributed by atoms with Gasteiger partial charge in [-0.3, -0.25) is 28.0 Å². The summed E-state index contributed by atoms with van der Waals surface area (Å²) < 4.78 is 37.2. The van der Waals surface area contributed by atoms with Gasteiger partial charge in [0.2, 0.25) is 5.95 Å². The van der Waals surface area contributed by atoms with Crippen LogP contribution in [0.3, 0.4) is 0 Å². The molecule has 0 spiro atoms. The molecule has 6 heterocycles. The van der Waals surface area contributed by atoms with Crippen LogP contribution in [0.2, 0.25) is 0 Å². The lowest BCUT2D eigenvalue weighted by molar-refractivity contribution is -0.0554. The third kappa shape index (κ3) is 5.22. The van der Waals surface area contributed by atoms with Crippen molar-refractivity contribution in [2.24, 2.45) is 5.11 Å². The highest BCUT2D eigenvalue weighted by molar-refractivity contribution is 7.47. The summed E-state index contributed by atoms with van der Waals surface area (Å²) in [6.45, 7) is -1.18. The predicted octanol–water partition coefficient (Wildman–Crippen LogP) is -2.19. The van der Waals surface area contributed by atoms with E-state index in [4.69, 9.17) is 35.5 Å². The number of rotatable bonds is 9. The second kappa shape index (κ2) is 11.3. The van der Waals surface area contributed by atoms with Crippen LogP contribution in [0.15, 0.2) is 28.9 Å². The SMILES string of the molecule is [N-]=[N+]=NC[C@H]1O[C@@H](n2cnc3c(N)ncnc32)[C@H](O)[C@@H]1OP(=O)(O)OC[C@H]1O[C@@H](n2cnc3c(=O)[nH]c(N)nc32)[C@H](O)[C@@H]1O. The summed E-state index contributed by atoms with van der Waals surface area (Å²) in [6.07, 6.45) is -8.10. The highest BCUT2D eigenvalue weighted by Crippen LogP contribution is 2.49. The monoisotopic (exact) mass is 637 g/mol. The summed E-state index contributed by atoms with van der Waals surface area (Å²) in [6, 6.07) is 0. The number of phosphoric acid groups is 1. The number of azide groups is 1. The Balaban J connectivity index is 1.17. The maximum Gasteiger partial charge on any atom is 0.472 e. The van der Waals surface area contributed by atoms with Gasteiger partial charge in [-0.25, -0.2) is 24.5 Å². The van der Waals surface area contributed by atoms with Gasteiger partial charge in [0.1, 0.15) is 42.4 Å². The number of aliphatic hydroxyl groups excluding tert-OH is 3. The Morgan fingerprint density at radius 1 is 1.02 bits per heavy atom. The molecule has 44 heavy (non-hydrogen) atoms. The maximum absolute atomic E-state index is 13.0. The van der Waals surface area contributed by atoms with Gasteiger partial charge in [0.15, 0.2) is 35.1 Å². The molecule has 9 N–H and O–H groups in total. The van der Waals surface area contributed by atoms with E-state index in [1.807, 2.05) is 0 Å². The maximum atomic E-state index is 13.0. The van der Waals surface area contributed by atoms with Gasteiger partial charge < -0.3 is 41.2 Å². The number of imidazole rings is 2. The first-order valence-electron chi connectivity index (χ1n) is 12.7. The minimum absolute atomic E-state index is 0.0455. The fourth-order valence-corrected chi connectivity index (χ4v) is 5.94. The van der Waals surface area contributed by atoms with E-state index in [1.165, 1.54) is 17.2 Å². The zero-order valence-corrected chi connectivity index (χ0v) is 23.0. The first kappa shape index (κ1) is 29.8. The number of nitrogens with one attached hydrogen (secondary N) is 1. The quantitative estimate of drug-likeness (QED) is 0.0443. The molecule has 1 unspecified atom stereocenters. The lowest BCUT2D eigenvalue weighted by atomic mass is 10.1. The van der Waals surface area contributed by atoms with Crippen molar-refractivity contribution in [3.05, 3.63) is 39.8 Å². The van der Waals surface area contributed by atoms with Gasteiger partial charge in [0.25, 0.3) is 5.56 Å². The number of nitrogens with zero attached hydrogens (tertiary/aromatic N) is 10. The highest BCUT2D eigenvalue weighted by Gasteiger charge is 2.50. The smallest absolute Gasteiger partial charge is 0.387 e. The summed E-state index contributed by atoms with van der Waals surface area (Å²) in [5.74, 6) is -0.167. The summed E-state index contributed by atoms with van der Waals surface area (Å²) in [7, 11) is -5.05. The average Bonchev–Trinajstić information content (AvgIpc) is 3.73. The second-order valence-corrected chi connectivity index (χ2v) is 11.1. The molecule has 0 saturated carbocycles. The van der Waals surface area contributed by atoms with Gasteiger partial charge in [-0.2, -0.15) is 4.98 Å². The van der Waals surface area contributed by atoms with E-state index in [1.54, 1.807) is 0 Å². The first-order chi connectivity index (χ1) is 21.0. The molecule has 234 valence electrons. The number of anilines is 2. The van der Waals surface area contributed by atoms with Crippen LogP contribution in [0, 0.1) is 0 Å². The van der Waals surface area contributed by atoms with E-state index in [-0.39, 0.29) is 34.1 Å². The Bertz CT molecular complexity index is 1860. The fourth-order valence-electron chi connectivity index (χ4n) is 4.98. The topological polar surface area (TPSA) is 343 Å². The van der Waals surface area contributed by atoms with E-state index in [0.717, 1.165) is 10.9 Å². The van der Waals surface area contributed by atoms with Crippen LogP contribution in [0.25, 0.3) is 32.8 Å². The number of hydrogen-bond donors (Lipinski definition) is 7. The van der Waals surface area contributed by atoms with Crippen LogP contribution in [-0.2, 0) is 23.1 Å². The molecule has 0 aromatic carbocycles. The molecule has 9 atom stereocenters. The van der Waals surface area contributed by atoms with E-state index >= 15 is 0 Å². The van der Waals surface area contributed by atoms with Crippen molar-refractivity contribution in [2.75, 3.05) is 24.6 Å². The van der Waals surface area contributed by atoms with Crippen molar-refractivity contribution >= 4 is 41.9 Å². The van der Waals surface area contributed by atoms with E-state index in [2.05, 4.69) is 39.9 Å². The molecule has 24 heteroatoms. The summed E-state index contributed by atoms with van der Waals surface area (Å²) in [4.78, 5) is 47.5. The van der Waals surface area contributed by atoms with E-state index in [0.29, 0.717) is 0 Å². The van der Waals surface area contributed by atoms with Gasteiger partial charge in [0.05, 0.1) is 31.9 Å². The number of nitrogens with two attached hydrogens (primary N) is 2. The Kier molecular flexibility index (Phi) is 7.67. The molecule has 0 aliphatic carbocycles. The van der Waals surface area contributed by atoms with Crippen LogP contribution in [0.1, 0.15) is 12.5 Å². The van der Waals surface area contributed by atoms with E-state index < -0.39 is 75.6 Å². The Hall–Kier alpha value is -4.28. The van der Waals surface area contributed by atoms with Crippen molar-refractivity contribution < 1.29 is 43.3 Å². The third-order valence-corrected chi connectivity index (χ3v) is 8.00. The Labute approximate surface area is 243 Å². The van der Waals surface area contributed by atoms with Crippen LogP contribution in [0.4, 0.5) is 11.8 Å². The number of nitrogen functional groups attached to an aromatic ring is 2. The fraction of sp³-hybridized carbons (Fsp3) is 0.500. The van der Waals surface area contributed by atoms with Crippen molar-refractivity contribution in [1.82, 2.24) is 39.0 Å². The molecule has 6 rings (SSSR count). The molecule has 2 aliphatic rings. The summed E-state index contributed by atoms with van der Waals surface area (Å²) in [5, 5.41) is 35.7. The molecular weight excluding hydrogens is 613 g/mol. The standard InChI is InChI=1S/C20H24N13O10P/c21-14-8-15(25-3-24-14)32(4-26-8)19-12(36)13(6(41-19)1-28-31-23)43-44(38,39)40-2-7-10(34)11(35)18(42-7)33-5-27-9-16(33)29-20(22)30-17(9)37/h3-7,10-13,18-19,34-36H,1-2H2,(H,38,39)(H2,21,24,25)(H3,22,29,30,37)/t6-,7-,10-,11-,12-,13-,18-,19-/m1/s1. The van der Waals surface area contributed by atoms with Gasteiger partial charge in [-0.1, -0.05) is 5.11 Å². The Morgan fingerprint density at radius 3 is 2.45 bits per heavy atom. The molecule has 2 fully saturated rings. The van der Waals surface area contributed by atoms with Crippen molar-refractivity contribution in [2.45, 2.75) is 49.1 Å². The minimum Gasteiger partial charge on any atom is -0.387 e. The third-order valence-electron chi connectivity index (χ3n) is 7.01. The molecule has 4 aromatic heterocycles. The number of fused-ring (bicyclic) bond motifs is 2. The minimum atomic E-state index is -5.05. The van der Waals surface area contributed by atoms with Gasteiger partial charge in [-0.05, 0) is 5.53 Å². The zero-order valence-electron chi connectivity index (χ0n) is 22.1. The predicted molar refractivity (Wildman–Crippen MR) is 143 cm³/mol. The number of H-pyrrole nitrogens is 1. The normalized spacial score (nSPS) is 30.1. The Morgan fingerprint density at radius 2 is 1.70 bits per heavy atom. The number of aromatic amines is 1. The number of ether oxygens (including phenoxy) is 2. The molecule has 23 nitrogen and oxygen atoms in total. The highest BCUT2D eigenvalue weighted by atomic mass is 31.2. The number of phosphoric ester groups is 1. The zero-order chi connectivity index (χ0) is 31.3. The molecule has 0 bridgehead atoms. The number of hydrogen-bond acceptors (Lipinski definition) is 17. The summed E-state index contributed by atoms with van der Waals surface area (Å²) >= 11 is 0. The molecule has 2 saturated heterocycles. The average molecular weight is 637 g/mol. The van der Waals surface area contributed by atoms with Gasteiger partial charge in [-0.15, -0.1) is 0 Å². The lowest BCUT2D eigenvalue weighted by Crippen LogP contribution is -2.36. The van der Waals surface area contributed by atoms with Crippen molar-refractivity contribution in [3.8, 4) is 0 Å². The molecule has 4 aromatic rings. The van der Waals surface area contributed by atoms with Crippen molar-refractivity contribution in [3.63, 3.8) is 0 Å². The van der Waals surface area contributed by atoms with Gasteiger partial charge in [0, 0.05) is 4.91 Å². The molecule has 0 amide bonds. The van der Waals surface area contributed by atoms with Crippen LogP contribution in [0.5, 0.6) is 0 Å². The molecule has 2 aliphatic heterocycles. The van der Waals surface area contributed by atoms with Crippen LogP contribution < -0.4 is 17.0 Å². The number of aromatic nitrogens is 8. The van der Waals surface area contributed by atoms with Crippen LogP contribution >= 0.6 is 7.82 Å². The van der Waals surface area contributed by atoms with Crippen molar-refractivity contribution in [1.29, 1.82) is 0 Å². The van der Waals surface area contributed by atoms with Gasteiger partial charge >= 0.3 is 7.82 Å². The largest absolute Gasteiger partial charge is 0.472 e. The van der Waals surface area contributed by atoms with Crippen LogP contribution in [-0.4, -0.2) is 109 Å². The second-order valence-electron chi connectivity index (χ2n) is 9.71. The summed E-state index contributed by atoms with van der Waals surface area (Å²) in [5.41, 5.74) is 19.8.